The van der Waals surface area contributed by atoms with Crippen molar-refractivity contribution >= 4 is 15.9 Å². The van der Waals surface area contributed by atoms with Crippen molar-refractivity contribution in [2.45, 2.75) is 13.0 Å². The molecular formula is C14H12BrF2N. The van der Waals surface area contributed by atoms with E-state index in [0.717, 1.165) is 4.47 Å². The van der Waals surface area contributed by atoms with Gasteiger partial charge in [-0.25, -0.2) is 8.78 Å². The van der Waals surface area contributed by atoms with Crippen LogP contribution in [0.3, 0.4) is 0 Å². The van der Waals surface area contributed by atoms with Gasteiger partial charge in [0.1, 0.15) is 11.6 Å². The fourth-order valence-electron chi connectivity index (χ4n) is 1.80. The van der Waals surface area contributed by atoms with E-state index in [1.807, 2.05) is 0 Å². The summed E-state index contributed by atoms with van der Waals surface area (Å²) in [6.45, 7) is 1.59. The minimum atomic E-state index is -0.807. The first-order chi connectivity index (χ1) is 8.50. The van der Waals surface area contributed by atoms with Crippen molar-refractivity contribution in [2.75, 3.05) is 0 Å². The number of hydrogen-bond donors (Lipinski definition) is 1. The van der Waals surface area contributed by atoms with Crippen molar-refractivity contribution in [3.05, 3.63) is 69.2 Å². The molecule has 2 aromatic carbocycles. The second kappa shape index (κ2) is 5.16. The van der Waals surface area contributed by atoms with Crippen molar-refractivity contribution < 1.29 is 8.78 Å². The first kappa shape index (κ1) is 13.2. The number of nitrogens with two attached hydrogens (primary N) is 1. The third kappa shape index (κ3) is 2.44. The third-order valence-corrected chi connectivity index (χ3v) is 3.39. The minimum absolute atomic E-state index is 0.0858. The van der Waals surface area contributed by atoms with Crippen LogP contribution in [-0.2, 0) is 0 Å². The second-order valence-electron chi connectivity index (χ2n) is 4.12. The van der Waals surface area contributed by atoms with Gasteiger partial charge in [-0.2, -0.15) is 0 Å². The highest BCUT2D eigenvalue weighted by Crippen LogP contribution is 2.27. The molecule has 0 spiro atoms. The van der Waals surface area contributed by atoms with Crippen LogP contribution in [-0.4, -0.2) is 0 Å². The Bertz CT molecular complexity index is 567. The Kier molecular flexibility index (Phi) is 3.78. The first-order valence-corrected chi connectivity index (χ1v) is 6.25. The van der Waals surface area contributed by atoms with Gasteiger partial charge in [-0.3, -0.25) is 0 Å². The summed E-state index contributed by atoms with van der Waals surface area (Å²) in [5.74, 6) is -1.20. The molecule has 0 aliphatic carbocycles. The monoisotopic (exact) mass is 311 g/mol. The Morgan fingerprint density at radius 1 is 1.06 bits per heavy atom. The van der Waals surface area contributed by atoms with E-state index in [0.29, 0.717) is 11.1 Å². The van der Waals surface area contributed by atoms with Crippen LogP contribution in [0.4, 0.5) is 8.78 Å². The van der Waals surface area contributed by atoms with Gasteiger partial charge in [0, 0.05) is 10.0 Å². The molecule has 2 N–H and O–H groups in total. The molecule has 0 aliphatic rings. The van der Waals surface area contributed by atoms with Crippen molar-refractivity contribution in [1.82, 2.24) is 0 Å². The van der Waals surface area contributed by atoms with Crippen LogP contribution in [0.2, 0.25) is 0 Å². The van der Waals surface area contributed by atoms with E-state index >= 15 is 0 Å². The molecular weight excluding hydrogens is 300 g/mol. The van der Waals surface area contributed by atoms with Crippen molar-refractivity contribution in [1.29, 1.82) is 0 Å². The van der Waals surface area contributed by atoms with Crippen molar-refractivity contribution in [3.63, 3.8) is 0 Å². The molecule has 4 heteroatoms. The van der Waals surface area contributed by atoms with E-state index in [-0.39, 0.29) is 5.56 Å². The molecule has 1 unspecified atom stereocenters. The van der Waals surface area contributed by atoms with Gasteiger partial charge in [0.25, 0.3) is 0 Å². The normalized spacial score (nSPS) is 12.5. The predicted octanol–water partition coefficient (Wildman–Crippen LogP) is 4.08. The van der Waals surface area contributed by atoms with Gasteiger partial charge in [0.15, 0.2) is 0 Å². The summed E-state index contributed by atoms with van der Waals surface area (Å²) in [5.41, 5.74) is 6.91. The lowest BCUT2D eigenvalue weighted by Crippen LogP contribution is -2.16. The molecule has 2 aromatic rings. The number of aryl methyl sites for hydroxylation is 1. The zero-order chi connectivity index (χ0) is 13.3. The zero-order valence-corrected chi connectivity index (χ0v) is 11.3. The van der Waals surface area contributed by atoms with Gasteiger partial charge in [-0.05, 0) is 36.2 Å². The average Bonchev–Trinajstić information content (AvgIpc) is 2.35. The molecule has 0 amide bonds. The van der Waals surface area contributed by atoms with E-state index in [1.165, 1.54) is 12.1 Å². The topological polar surface area (TPSA) is 26.0 Å². The molecule has 0 saturated carbocycles. The fourth-order valence-corrected chi connectivity index (χ4v) is 2.06. The SMILES string of the molecule is Cc1ccc(F)c(C(N)c2ccc(Br)cc2)c1F. The van der Waals surface area contributed by atoms with Crippen LogP contribution in [0.15, 0.2) is 40.9 Å². The highest BCUT2D eigenvalue weighted by Gasteiger charge is 2.19. The van der Waals surface area contributed by atoms with Crippen LogP contribution < -0.4 is 5.73 Å². The molecule has 0 fully saturated rings. The third-order valence-electron chi connectivity index (χ3n) is 2.86. The summed E-state index contributed by atoms with van der Waals surface area (Å²) in [4.78, 5) is 0. The largest absolute Gasteiger partial charge is 0.320 e. The molecule has 94 valence electrons. The number of rotatable bonds is 2. The molecule has 0 saturated heterocycles. The summed E-state index contributed by atoms with van der Waals surface area (Å²) in [7, 11) is 0. The van der Waals surface area contributed by atoms with Crippen LogP contribution in [0.25, 0.3) is 0 Å². The highest BCUT2D eigenvalue weighted by molar-refractivity contribution is 9.10. The molecule has 0 aromatic heterocycles. The highest BCUT2D eigenvalue weighted by atomic mass is 79.9. The lowest BCUT2D eigenvalue weighted by Gasteiger charge is -2.15. The molecule has 0 radical (unpaired) electrons. The zero-order valence-electron chi connectivity index (χ0n) is 9.75. The van der Waals surface area contributed by atoms with Crippen LogP contribution >= 0.6 is 15.9 Å². The quantitative estimate of drug-likeness (QED) is 0.888. The smallest absolute Gasteiger partial charge is 0.134 e. The van der Waals surface area contributed by atoms with Gasteiger partial charge in [-0.1, -0.05) is 34.1 Å². The molecule has 18 heavy (non-hydrogen) atoms. The van der Waals surface area contributed by atoms with E-state index < -0.39 is 17.7 Å². The van der Waals surface area contributed by atoms with Crippen LogP contribution in [0.1, 0.15) is 22.7 Å². The molecule has 2 rings (SSSR count). The average molecular weight is 312 g/mol. The van der Waals surface area contributed by atoms with Crippen LogP contribution in [0, 0.1) is 18.6 Å². The Morgan fingerprint density at radius 2 is 1.67 bits per heavy atom. The minimum Gasteiger partial charge on any atom is -0.320 e. The van der Waals surface area contributed by atoms with Crippen molar-refractivity contribution in [2.24, 2.45) is 5.73 Å². The maximum Gasteiger partial charge on any atom is 0.134 e. The number of halogens is 3. The maximum atomic E-state index is 13.9. The van der Waals surface area contributed by atoms with Gasteiger partial charge < -0.3 is 5.73 Å². The summed E-state index contributed by atoms with van der Waals surface area (Å²) >= 11 is 3.30. The van der Waals surface area contributed by atoms with Gasteiger partial charge in [0.2, 0.25) is 0 Å². The summed E-state index contributed by atoms with van der Waals surface area (Å²) < 4.78 is 28.6. The van der Waals surface area contributed by atoms with Gasteiger partial charge in [-0.15, -0.1) is 0 Å². The van der Waals surface area contributed by atoms with Crippen LogP contribution in [0.5, 0.6) is 0 Å². The lowest BCUT2D eigenvalue weighted by molar-refractivity contribution is 0.538. The molecule has 0 heterocycles. The fraction of sp³-hybridized carbons (Fsp3) is 0.143. The maximum absolute atomic E-state index is 13.9. The van der Waals surface area contributed by atoms with E-state index in [2.05, 4.69) is 15.9 Å². The Labute approximate surface area is 113 Å². The summed E-state index contributed by atoms with van der Waals surface area (Å²) in [6.07, 6.45) is 0. The summed E-state index contributed by atoms with van der Waals surface area (Å²) in [6, 6.07) is 8.92. The molecule has 0 aliphatic heterocycles. The van der Waals surface area contributed by atoms with Gasteiger partial charge in [0.05, 0.1) is 6.04 Å². The predicted molar refractivity (Wildman–Crippen MR) is 71.3 cm³/mol. The van der Waals surface area contributed by atoms with E-state index in [1.54, 1.807) is 31.2 Å². The molecule has 1 nitrogen and oxygen atoms in total. The Hall–Kier alpha value is -1.26. The number of hydrogen-bond acceptors (Lipinski definition) is 1. The van der Waals surface area contributed by atoms with E-state index in [9.17, 15) is 8.78 Å². The lowest BCUT2D eigenvalue weighted by atomic mass is 9.97. The van der Waals surface area contributed by atoms with Crippen molar-refractivity contribution in [3.8, 4) is 0 Å². The molecule has 0 bridgehead atoms. The molecule has 1 atom stereocenters. The second-order valence-corrected chi connectivity index (χ2v) is 5.04. The standard InChI is InChI=1S/C14H12BrF2N/c1-8-2-7-11(16)12(13(8)17)14(18)9-3-5-10(15)6-4-9/h2-7,14H,18H2,1H3. The number of benzene rings is 2. The first-order valence-electron chi connectivity index (χ1n) is 5.46. The Morgan fingerprint density at radius 3 is 2.28 bits per heavy atom. The van der Waals surface area contributed by atoms with Gasteiger partial charge >= 0.3 is 0 Å². The summed E-state index contributed by atoms with van der Waals surface area (Å²) in [5, 5.41) is 0. The van der Waals surface area contributed by atoms with E-state index in [4.69, 9.17) is 5.73 Å². The Balaban J connectivity index is 2.49.